The molecule has 1 saturated heterocycles. The second kappa shape index (κ2) is 6.28. The van der Waals surface area contributed by atoms with Gasteiger partial charge in [0.25, 0.3) is 0 Å². The van der Waals surface area contributed by atoms with E-state index in [-0.39, 0.29) is 11.5 Å². The minimum Gasteiger partial charge on any atom is -0.381 e. The van der Waals surface area contributed by atoms with Crippen molar-refractivity contribution in [1.82, 2.24) is 5.43 Å². The summed E-state index contributed by atoms with van der Waals surface area (Å²) in [4.78, 5) is 2.63. The first kappa shape index (κ1) is 14.7. The molecule has 3 nitrogen and oxygen atoms in total. The summed E-state index contributed by atoms with van der Waals surface area (Å²) >= 11 is 1.82. The van der Waals surface area contributed by atoms with Gasteiger partial charge in [0.05, 0.1) is 6.04 Å². The lowest BCUT2D eigenvalue weighted by Gasteiger charge is -2.43. The summed E-state index contributed by atoms with van der Waals surface area (Å²) in [6, 6.07) is 15.2. The molecule has 3 N–H and O–H groups in total. The zero-order chi connectivity index (χ0) is 14.7. The van der Waals surface area contributed by atoms with Gasteiger partial charge in [0, 0.05) is 28.4 Å². The van der Waals surface area contributed by atoms with Crippen LogP contribution >= 0.6 is 11.3 Å². The van der Waals surface area contributed by atoms with Crippen LogP contribution in [0.2, 0.25) is 0 Å². The Morgan fingerprint density at radius 2 is 1.86 bits per heavy atom. The van der Waals surface area contributed by atoms with E-state index in [1.54, 1.807) is 0 Å². The normalized spacial score (nSPS) is 19.3. The van der Waals surface area contributed by atoms with Crippen LogP contribution in [0.4, 0.5) is 0 Å². The average Bonchev–Trinajstić information content (AvgIpc) is 2.96. The van der Waals surface area contributed by atoms with Gasteiger partial charge in [-0.25, -0.2) is 0 Å². The Morgan fingerprint density at radius 1 is 1.14 bits per heavy atom. The summed E-state index contributed by atoms with van der Waals surface area (Å²) in [5.74, 6) is 5.98. The van der Waals surface area contributed by atoms with E-state index in [0.717, 1.165) is 26.1 Å². The van der Waals surface area contributed by atoms with E-state index < -0.39 is 0 Å². The molecule has 3 rings (SSSR count). The molecule has 1 aromatic carbocycles. The van der Waals surface area contributed by atoms with Gasteiger partial charge in [-0.3, -0.25) is 11.3 Å². The van der Waals surface area contributed by atoms with Crippen molar-refractivity contribution < 1.29 is 4.74 Å². The van der Waals surface area contributed by atoms with Crippen LogP contribution < -0.4 is 11.3 Å². The number of aryl methyl sites for hydroxylation is 1. The molecular weight excluding hydrogens is 280 g/mol. The molecule has 2 aromatic rings. The van der Waals surface area contributed by atoms with Crippen LogP contribution in [0, 0.1) is 6.92 Å². The van der Waals surface area contributed by atoms with Crippen LogP contribution in [0.1, 0.15) is 34.2 Å². The Labute approximate surface area is 130 Å². The van der Waals surface area contributed by atoms with Gasteiger partial charge in [-0.1, -0.05) is 30.3 Å². The highest BCUT2D eigenvalue weighted by atomic mass is 32.1. The van der Waals surface area contributed by atoms with Gasteiger partial charge in [-0.05, 0) is 37.5 Å². The number of hydrazine groups is 1. The van der Waals surface area contributed by atoms with Crippen molar-refractivity contribution in [3.63, 3.8) is 0 Å². The zero-order valence-corrected chi connectivity index (χ0v) is 13.2. The molecule has 1 aliphatic rings. The molecule has 1 unspecified atom stereocenters. The average molecular weight is 302 g/mol. The lowest BCUT2D eigenvalue weighted by atomic mass is 9.68. The van der Waals surface area contributed by atoms with E-state index in [1.807, 2.05) is 11.3 Å². The summed E-state index contributed by atoms with van der Waals surface area (Å²) in [7, 11) is 0. The highest BCUT2D eigenvalue weighted by molar-refractivity contribution is 7.12. The van der Waals surface area contributed by atoms with Gasteiger partial charge in [0.2, 0.25) is 0 Å². The third-order valence-corrected chi connectivity index (χ3v) is 5.56. The standard InChI is InChI=1S/C17H22N2OS/c1-13-7-8-15(21-13)16(19-18)17(9-11-20-12-10-17)14-5-3-2-4-6-14/h2-8,16,19H,9-12,18H2,1H3. The Hall–Kier alpha value is -1.20. The molecule has 1 fully saturated rings. The fourth-order valence-electron chi connectivity index (χ4n) is 3.37. The summed E-state index contributed by atoms with van der Waals surface area (Å²) in [6.45, 7) is 3.72. The third kappa shape index (κ3) is 2.77. The molecule has 1 aliphatic heterocycles. The van der Waals surface area contributed by atoms with Gasteiger partial charge in [-0.2, -0.15) is 0 Å². The number of rotatable bonds is 4. The quantitative estimate of drug-likeness (QED) is 0.673. The predicted molar refractivity (Wildman–Crippen MR) is 87.3 cm³/mol. The molecule has 0 aliphatic carbocycles. The van der Waals surface area contributed by atoms with Crippen LogP contribution in [0.5, 0.6) is 0 Å². The first-order chi connectivity index (χ1) is 10.3. The fourth-order valence-corrected chi connectivity index (χ4v) is 4.43. The van der Waals surface area contributed by atoms with Crippen molar-refractivity contribution in [3.05, 3.63) is 57.8 Å². The fraction of sp³-hybridized carbons (Fsp3) is 0.412. The molecule has 0 bridgehead atoms. The number of nitrogens with one attached hydrogen (secondary N) is 1. The Balaban J connectivity index is 2.05. The molecule has 0 radical (unpaired) electrons. The number of thiophene rings is 1. The van der Waals surface area contributed by atoms with Crippen LogP contribution in [0.3, 0.4) is 0 Å². The van der Waals surface area contributed by atoms with Crippen molar-refractivity contribution in [2.24, 2.45) is 5.84 Å². The number of ether oxygens (including phenoxy) is 1. The number of hydrogen-bond donors (Lipinski definition) is 2. The second-order valence-electron chi connectivity index (χ2n) is 5.68. The minimum atomic E-state index is 0.00551. The van der Waals surface area contributed by atoms with Gasteiger partial charge >= 0.3 is 0 Å². The van der Waals surface area contributed by atoms with Crippen molar-refractivity contribution in [2.75, 3.05) is 13.2 Å². The molecule has 4 heteroatoms. The van der Waals surface area contributed by atoms with Crippen LogP contribution in [-0.4, -0.2) is 13.2 Å². The van der Waals surface area contributed by atoms with Crippen LogP contribution in [0.25, 0.3) is 0 Å². The Bertz CT molecular complexity index is 575. The van der Waals surface area contributed by atoms with E-state index in [2.05, 4.69) is 54.8 Å². The van der Waals surface area contributed by atoms with Crippen molar-refractivity contribution in [2.45, 2.75) is 31.2 Å². The lowest BCUT2D eigenvalue weighted by molar-refractivity contribution is 0.0345. The molecule has 1 aromatic heterocycles. The molecular formula is C17H22N2OS. The highest BCUT2D eigenvalue weighted by Crippen LogP contribution is 2.46. The monoisotopic (exact) mass is 302 g/mol. The number of benzene rings is 1. The summed E-state index contributed by atoms with van der Waals surface area (Å²) in [5, 5.41) is 0. The van der Waals surface area contributed by atoms with E-state index in [0.29, 0.717) is 0 Å². The maximum Gasteiger partial charge on any atom is 0.0651 e. The highest BCUT2D eigenvalue weighted by Gasteiger charge is 2.42. The molecule has 0 spiro atoms. The number of nitrogens with two attached hydrogens (primary N) is 1. The maximum absolute atomic E-state index is 5.98. The predicted octanol–water partition coefficient (Wildman–Crippen LogP) is 3.31. The summed E-state index contributed by atoms with van der Waals surface area (Å²) in [6.07, 6.45) is 1.98. The van der Waals surface area contributed by atoms with Crippen molar-refractivity contribution in [3.8, 4) is 0 Å². The SMILES string of the molecule is Cc1ccc(C(NN)C2(c3ccccc3)CCOCC2)s1. The van der Waals surface area contributed by atoms with Gasteiger partial charge in [0.1, 0.15) is 0 Å². The molecule has 1 atom stereocenters. The van der Waals surface area contributed by atoms with Crippen molar-refractivity contribution >= 4 is 11.3 Å². The smallest absolute Gasteiger partial charge is 0.0651 e. The van der Waals surface area contributed by atoms with Gasteiger partial charge < -0.3 is 4.74 Å². The summed E-state index contributed by atoms with van der Waals surface area (Å²) < 4.78 is 5.62. The largest absolute Gasteiger partial charge is 0.381 e. The zero-order valence-electron chi connectivity index (χ0n) is 12.3. The Kier molecular flexibility index (Phi) is 4.40. The van der Waals surface area contributed by atoms with E-state index in [1.165, 1.54) is 15.3 Å². The Morgan fingerprint density at radius 3 is 2.43 bits per heavy atom. The molecule has 0 saturated carbocycles. The van der Waals surface area contributed by atoms with Gasteiger partial charge in [-0.15, -0.1) is 11.3 Å². The molecule has 0 amide bonds. The molecule has 2 heterocycles. The first-order valence-corrected chi connectivity index (χ1v) is 8.24. The van der Waals surface area contributed by atoms with Gasteiger partial charge in [0.15, 0.2) is 0 Å². The van der Waals surface area contributed by atoms with E-state index in [9.17, 15) is 0 Å². The topological polar surface area (TPSA) is 47.3 Å². The third-order valence-electron chi connectivity index (χ3n) is 4.50. The second-order valence-corrected chi connectivity index (χ2v) is 7.00. The van der Waals surface area contributed by atoms with Crippen LogP contribution in [-0.2, 0) is 10.2 Å². The summed E-state index contributed by atoms with van der Waals surface area (Å²) in [5.41, 5.74) is 4.45. The van der Waals surface area contributed by atoms with E-state index >= 15 is 0 Å². The van der Waals surface area contributed by atoms with E-state index in [4.69, 9.17) is 10.6 Å². The van der Waals surface area contributed by atoms with Crippen LogP contribution in [0.15, 0.2) is 42.5 Å². The molecule has 112 valence electrons. The first-order valence-electron chi connectivity index (χ1n) is 7.42. The number of hydrogen-bond acceptors (Lipinski definition) is 4. The maximum atomic E-state index is 5.98. The minimum absolute atomic E-state index is 0.00551. The lowest BCUT2D eigenvalue weighted by Crippen LogP contribution is -2.47. The molecule has 21 heavy (non-hydrogen) atoms. The van der Waals surface area contributed by atoms with Crippen molar-refractivity contribution in [1.29, 1.82) is 0 Å².